The number of nitrogens with one attached hydrogen (secondary N) is 3. The number of oxazole rings is 1. The molecule has 1 fully saturated rings. The number of carbonyl (C=O) groups is 1. The molecule has 28 heavy (non-hydrogen) atoms. The van der Waals surface area contributed by atoms with Crippen molar-refractivity contribution >= 4 is 17.0 Å². The maximum absolute atomic E-state index is 12.4. The third-order valence-electron chi connectivity index (χ3n) is 4.89. The van der Waals surface area contributed by atoms with E-state index in [-0.39, 0.29) is 31.1 Å². The fourth-order valence-electron chi connectivity index (χ4n) is 3.51. The topological polar surface area (TPSA) is 97.5 Å². The molecule has 0 radical (unpaired) electrons. The molecule has 4 rings (SSSR count). The van der Waals surface area contributed by atoms with Gasteiger partial charge in [0.25, 0.3) is 0 Å². The summed E-state index contributed by atoms with van der Waals surface area (Å²) in [7, 11) is 1.64. The Hall–Kier alpha value is -3.10. The molecule has 2 unspecified atom stereocenters. The van der Waals surface area contributed by atoms with Crippen LogP contribution in [-0.2, 0) is 11.3 Å². The summed E-state index contributed by atoms with van der Waals surface area (Å²) in [6.45, 7) is 0.262. The Morgan fingerprint density at radius 2 is 2.00 bits per heavy atom. The lowest BCUT2D eigenvalue weighted by Crippen LogP contribution is -2.44. The summed E-state index contributed by atoms with van der Waals surface area (Å²) in [6.07, 6.45) is 0.655. The van der Waals surface area contributed by atoms with Crippen LogP contribution in [0.2, 0.25) is 0 Å². The van der Waals surface area contributed by atoms with Gasteiger partial charge in [-0.2, -0.15) is 0 Å². The smallest absolute Gasteiger partial charge is 0.419 e. The standard InChI is InChI=1S/C20H22N4O4/c1-27-16-8-4-2-6-13(16)14-12-18(23-22-14)21-19(25)10-11-24-15-7-3-5-9-17(15)28-20(24)26/h2-9,14,18,22-23H,10-12H2,1H3,(H,21,25). The summed E-state index contributed by atoms with van der Waals surface area (Å²) in [4.78, 5) is 24.3. The molecule has 3 N–H and O–H groups in total. The highest BCUT2D eigenvalue weighted by atomic mass is 16.5. The van der Waals surface area contributed by atoms with Crippen LogP contribution >= 0.6 is 0 Å². The van der Waals surface area contributed by atoms with Gasteiger partial charge in [-0.25, -0.2) is 15.6 Å². The van der Waals surface area contributed by atoms with E-state index >= 15 is 0 Å². The zero-order valence-corrected chi connectivity index (χ0v) is 15.5. The van der Waals surface area contributed by atoms with Crippen molar-refractivity contribution in [3.63, 3.8) is 0 Å². The summed E-state index contributed by atoms with van der Waals surface area (Å²) in [6, 6.07) is 15.0. The van der Waals surface area contributed by atoms with E-state index in [0.717, 1.165) is 11.3 Å². The Morgan fingerprint density at radius 1 is 1.21 bits per heavy atom. The summed E-state index contributed by atoms with van der Waals surface area (Å²) < 4.78 is 12.1. The number of ether oxygens (including phenoxy) is 1. The van der Waals surface area contributed by atoms with Gasteiger partial charge in [0.05, 0.1) is 24.8 Å². The molecule has 1 saturated heterocycles. The molecule has 3 aromatic rings. The van der Waals surface area contributed by atoms with E-state index in [1.807, 2.05) is 30.3 Å². The molecule has 0 bridgehead atoms. The summed E-state index contributed by atoms with van der Waals surface area (Å²) in [5.74, 6) is 0.211. The van der Waals surface area contributed by atoms with Gasteiger partial charge in [0, 0.05) is 24.9 Å². The van der Waals surface area contributed by atoms with Crippen molar-refractivity contribution in [2.45, 2.75) is 31.6 Å². The molecular weight excluding hydrogens is 360 g/mol. The number of aromatic nitrogens is 1. The molecule has 2 heterocycles. The Bertz CT molecular complexity index is 1040. The van der Waals surface area contributed by atoms with Crippen molar-refractivity contribution < 1.29 is 13.9 Å². The molecule has 8 nitrogen and oxygen atoms in total. The van der Waals surface area contributed by atoms with Gasteiger partial charge in [0.15, 0.2) is 5.58 Å². The molecule has 2 atom stereocenters. The first-order chi connectivity index (χ1) is 13.7. The third kappa shape index (κ3) is 3.64. The van der Waals surface area contributed by atoms with Gasteiger partial charge in [-0.05, 0) is 18.2 Å². The van der Waals surface area contributed by atoms with E-state index in [0.29, 0.717) is 17.5 Å². The van der Waals surface area contributed by atoms with Crippen LogP contribution in [0.4, 0.5) is 0 Å². The first-order valence-corrected chi connectivity index (χ1v) is 9.17. The maximum Gasteiger partial charge on any atom is 0.419 e. The number of hydrogen-bond acceptors (Lipinski definition) is 6. The number of nitrogens with zero attached hydrogens (tertiary/aromatic N) is 1. The van der Waals surface area contributed by atoms with Crippen LogP contribution in [0.25, 0.3) is 11.1 Å². The van der Waals surface area contributed by atoms with Crippen LogP contribution in [0.15, 0.2) is 57.7 Å². The van der Waals surface area contributed by atoms with Crippen molar-refractivity contribution in [3.05, 3.63) is 64.6 Å². The minimum atomic E-state index is -0.453. The lowest BCUT2D eigenvalue weighted by Gasteiger charge is -2.14. The summed E-state index contributed by atoms with van der Waals surface area (Å²) in [5, 5.41) is 2.95. The molecule has 1 aliphatic heterocycles. The van der Waals surface area contributed by atoms with E-state index < -0.39 is 5.76 Å². The highest BCUT2D eigenvalue weighted by Gasteiger charge is 2.27. The second kappa shape index (κ2) is 7.87. The molecule has 146 valence electrons. The molecule has 1 amide bonds. The van der Waals surface area contributed by atoms with Gasteiger partial charge in [0.2, 0.25) is 5.91 Å². The van der Waals surface area contributed by atoms with E-state index in [1.54, 1.807) is 25.3 Å². The predicted octanol–water partition coefficient (Wildman–Crippen LogP) is 1.67. The zero-order valence-electron chi connectivity index (χ0n) is 15.5. The first-order valence-electron chi connectivity index (χ1n) is 9.17. The molecule has 1 aromatic heterocycles. The van der Waals surface area contributed by atoms with Crippen molar-refractivity contribution in [2.24, 2.45) is 0 Å². The number of aryl methyl sites for hydroxylation is 1. The molecular formula is C20H22N4O4. The Morgan fingerprint density at radius 3 is 2.86 bits per heavy atom. The predicted molar refractivity (Wildman–Crippen MR) is 104 cm³/mol. The Labute approximate surface area is 161 Å². The fourth-order valence-corrected chi connectivity index (χ4v) is 3.51. The lowest BCUT2D eigenvalue weighted by molar-refractivity contribution is -0.122. The molecule has 0 saturated carbocycles. The Balaban J connectivity index is 1.34. The maximum atomic E-state index is 12.4. The fraction of sp³-hybridized carbons (Fsp3) is 0.300. The van der Waals surface area contributed by atoms with Crippen LogP contribution in [0.1, 0.15) is 24.4 Å². The normalized spacial score (nSPS) is 19.0. The number of para-hydroxylation sites is 3. The number of carbonyl (C=O) groups excluding carboxylic acids is 1. The largest absolute Gasteiger partial charge is 0.496 e. The second-order valence-electron chi connectivity index (χ2n) is 6.68. The monoisotopic (exact) mass is 382 g/mol. The SMILES string of the molecule is COc1ccccc1C1CC(NC(=O)CCn2c(=O)oc3ccccc32)NN1. The van der Waals surface area contributed by atoms with Crippen molar-refractivity contribution in [3.8, 4) is 5.75 Å². The highest BCUT2D eigenvalue weighted by Crippen LogP contribution is 2.29. The number of benzene rings is 2. The molecule has 2 aromatic carbocycles. The van der Waals surface area contributed by atoms with Crippen LogP contribution in [0, 0.1) is 0 Å². The van der Waals surface area contributed by atoms with Crippen molar-refractivity contribution in [1.29, 1.82) is 0 Å². The van der Waals surface area contributed by atoms with E-state index in [4.69, 9.17) is 9.15 Å². The van der Waals surface area contributed by atoms with Gasteiger partial charge >= 0.3 is 5.76 Å². The lowest BCUT2D eigenvalue weighted by atomic mass is 10.0. The number of amides is 1. The van der Waals surface area contributed by atoms with E-state index in [2.05, 4.69) is 16.2 Å². The Kier molecular flexibility index (Phi) is 5.14. The molecule has 0 spiro atoms. The molecule has 8 heteroatoms. The van der Waals surface area contributed by atoms with Gasteiger partial charge < -0.3 is 14.5 Å². The van der Waals surface area contributed by atoms with Crippen LogP contribution in [0.5, 0.6) is 5.75 Å². The quantitative estimate of drug-likeness (QED) is 0.600. The minimum Gasteiger partial charge on any atom is -0.496 e. The third-order valence-corrected chi connectivity index (χ3v) is 4.89. The number of fused-ring (bicyclic) bond motifs is 1. The summed E-state index contributed by atoms with van der Waals surface area (Å²) >= 11 is 0. The molecule has 0 aliphatic carbocycles. The number of methoxy groups -OCH3 is 1. The van der Waals surface area contributed by atoms with Gasteiger partial charge in [-0.3, -0.25) is 9.36 Å². The van der Waals surface area contributed by atoms with Crippen molar-refractivity contribution in [2.75, 3.05) is 7.11 Å². The van der Waals surface area contributed by atoms with Gasteiger partial charge in [-0.15, -0.1) is 0 Å². The summed E-state index contributed by atoms with van der Waals surface area (Å²) in [5.41, 5.74) is 8.54. The zero-order chi connectivity index (χ0) is 19.5. The first kappa shape index (κ1) is 18.3. The minimum absolute atomic E-state index is 0.0295. The van der Waals surface area contributed by atoms with E-state index in [9.17, 15) is 9.59 Å². The number of hydrogen-bond donors (Lipinski definition) is 3. The van der Waals surface area contributed by atoms with E-state index in [1.165, 1.54) is 4.57 Å². The molecule has 1 aliphatic rings. The number of hydrazine groups is 1. The van der Waals surface area contributed by atoms with Crippen molar-refractivity contribution in [1.82, 2.24) is 20.7 Å². The highest BCUT2D eigenvalue weighted by molar-refractivity contribution is 5.77. The average Bonchev–Trinajstić information content (AvgIpc) is 3.30. The van der Waals surface area contributed by atoms with Crippen LogP contribution in [-0.4, -0.2) is 23.7 Å². The second-order valence-corrected chi connectivity index (χ2v) is 6.68. The van der Waals surface area contributed by atoms with Crippen LogP contribution in [0.3, 0.4) is 0 Å². The van der Waals surface area contributed by atoms with Gasteiger partial charge in [-0.1, -0.05) is 30.3 Å². The van der Waals surface area contributed by atoms with Crippen LogP contribution < -0.4 is 26.7 Å². The number of rotatable bonds is 6. The average molecular weight is 382 g/mol. The van der Waals surface area contributed by atoms with Gasteiger partial charge in [0.1, 0.15) is 5.75 Å².